The molecule has 0 aliphatic rings. The van der Waals surface area contributed by atoms with Crippen molar-refractivity contribution in [1.82, 2.24) is 10.2 Å². The molecule has 3 amide bonds. The second kappa shape index (κ2) is 11.7. The second-order valence-electron chi connectivity index (χ2n) is 6.81. The highest BCUT2D eigenvalue weighted by Crippen LogP contribution is 2.16. The first-order valence-corrected chi connectivity index (χ1v) is 9.99. The average molecular weight is 462 g/mol. The first kappa shape index (κ1) is 24.7. The number of amides is 3. The Bertz CT molecular complexity index is 997. The van der Waals surface area contributed by atoms with Gasteiger partial charge >= 0.3 is 5.97 Å². The van der Waals surface area contributed by atoms with Gasteiger partial charge in [-0.15, -0.1) is 0 Å². The summed E-state index contributed by atoms with van der Waals surface area (Å²) in [5.74, 6) is -1.77. The molecular formula is C22H24ClN3O6. The average Bonchev–Trinajstić information content (AvgIpc) is 2.77. The van der Waals surface area contributed by atoms with Crippen molar-refractivity contribution in [3.8, 4) is 5.75 Å². The number of halogens is 1. The summed E-state index contributed by atoms with van der Waals surface area (Å²) in [7, 11) is 2.92. The Morgan fingerprint density at radius 3 is 2.50 bits per heavy atom. The van der Waals surface area contributed by atoms with Crippen LogP contribution in [0.2, 0.25) is 5.02 Å². The largest absolute Gasteiger partial charge is 0.497 e. The maximum atomic E-state index is 12.2. The smallest absolute Gasteiger partial charge is 0.328 e. The van der Waals surface area contributed by atoms with Gasteiger partial charge in [0.05, 0.1) is 24.2 Å². The molecule has 0 aromatic heterocycles. The van der Waals surface area contributed by atoms with Crippen LogP contribution in [0.3, 0.4) is 0 Å². The summed E-state index contributed by atoms with van der Waals surface area (Å²) >= 11 is 5.96. The molecule has 2 rings (SSSR count). The first-order valence-electron chi connectivity index (χ1n) is 9.61. The number of rotatable bonds is 9. The predicted octanol–water partition coefficient (Wildman–Crippen LogP) is 2.11. The Labute approximate surface area is 190 Å². The lowest BCUT2D eigenvalue weighted by atomic mass is 10.2. The summed E-state index contributed by atoms with van der Waals surface area (Å²) in [6.07, 6.45) is 0. The van der Waals surface area contributed by atoms with Crippen LogP contribution in [-0.4, -0.2) is 61.9 Å². The van der Waals surface area contributed by atoms with Gasteiger partial charge in [0.25, 0.3) is 11.8 Å². The predicted molar refractivity (Wildman–Crippen MR) is 119 cm³/mol. The van der Waals surface area contributed by atoms with Crippen LogP contribution in [0.4, 0.5) is 5.69 Å². The van der Waals surface area contributed by atoms with Gasteiger partial charge in [-0.2, -0.15) is 0 Å². The molecule has 1 atom stereocenters. The highest BCUT2D eigenvalue weighted by molar-refractivity contribution is 6.33. The van der Waals surface area contributed by atoms with E-state index in [-0.39, 0.29) is 17.1 Å². The van der Waals surface area contributed by atoms with E-state index >= 15 is 0 Å². The Balaban J connectivity index is 1.78. The van der Waals surface area contributed by atoms with Crippen molar-refractivity contribution in [3.05, 3.63) is 59.1 Å². The lowest BCUT2D eigenvalue weighted by Gasteiger charge is -2.18. The summed E-state index contributed by atoms with van der Waals surface area (Å²) in [6.45, 7) is 0.604. The molecule has 32 heavy (non-hydrogen) atoms. The summed E-state index contributed by atoms with van der Waals surface area (Å²) in [5, 5.41) is 5.35. The maximum Gasteiger partial charge on any atom is 0.328 e. The number of carbonyl (C=O) groups excluding carboxylic acids is 4. The van der Waals surface area contributed by atoms with E-state index in [2.05, 4.69) is 10.6 Å². The van der Waals surface area contributed by atoms with Crippen molar-refractivity contribution >= 4 is 41.0 Å². The van der Waals surface area contributed by atoms with E-state index in [1.807, 2.05) is 0 Å². The molecule has 0 bridgehead atoms. The number of likely N-dealkylation sites (N-methyl/N-ethyl adjacent to an activating group) is 1. The van der Waals surface area contributed by atoms with Crippen LogP contribution in [0.1, 0.15) is 17.3 Å². The Morgan fingerprint density at radius 1 is 1.09 bits per heavy atom. The number of nitrogens with one attached hydrogen (secondary N) is 2. The van der Waals surface area contributed by atoms with Crippen molar-refractivity contribution in [2.75, 3.05) is 32.6 Å². The number of hydrogen-bond donors (Lipinski definition) is 2. The topological polar surface area (TPSA) is 114 Å². The standard InChI is InChI=1S/C22H24ClN3O6/c1-14(24-21(29)17-9-4-5-10-18(17)23)22(30)32-13-20(28)26(2)12-19(27)25-15-7-6-8-16(11-15)31-3/h4-11,14H,12-13H2,1-3H3,(H,24,29)(H,25,27)/t14-/m0/s1. The molecule has 170 valence electrons. The van der Waals surface area contributed by atoms with Gasteiger partial charge in [0, 0.05) is 18.8 Å². The lowest BCUT2D eigenvalue weighted by molar-refractivity contribution is -0.153. The van der Waals surface area contributed by atoms with Crippen LogP contribution in [0.5, 0.6) is 5.75 Å². The van der Waals surface area contributed by atoms with Gasteiger partial charge in [0.2, 0.25) is 5.91 Å². The van der Waals surface area contributed by atoms with Crippen LogP contribution in [0.15, 0.2) is 48.5 Å². The summed E-state index contributed by atoms with van der Waals surface area (Å²) < 4.78 is 10.0. The number of nitrogens with zero attached hydrogens (tertiary/aromatic N) is 1. The van der Waals surface area contributed by atoms with Gasteiger partial charge in [-0.3, -0.25) is 14.4 Å². The SMILES string of the molecule is COc1cccc(NC(=O)CN(C)C(=O)COC(=O)[C@H](C)NC(=O)c2ccccc2Cl)c1. The van der Waals surface area contributed by atoms with Gasteiger partial charge in [0.15, 0.2) is 6.61 Å². The quantitative estimate of drug-likeness (QED) is 0.553. The van der Waals surface area contributed by atoms with Crippen LogP contribution < -0.4 is 15.4 Å². The lowest BCUT2D eigenvalue weighted by Crippen LogP contribution is -2.42. The minimum absolute atomic E-state index is 0.215. The highest BCUT2D eigenvalue weighted by Gasteiger charge is 2.21. The van der Waals surface area contributed by atoms with Crippen molar-refractivity contribution in [3.63, 3.8) is 0 Å². The Hall–Kier alpha value is -3.59. The maximum absolute atomic E-state index is 12.2. The van der Waals surface area contributed by atoms with E-state index in [1.165, 1.54) is 27.1 Å². The second-order valence-corrected chi connectivity index (χ2v) is 7.22. The molecule has 0 aliphatic heterocycles. The van der Waals surface area contributed by atoms with Gasteiger partial charge in [-0.05, 0) is 31.2 Å². The zero-order chi connectivity index (χ0) is 23.7. The van der Waals surface area contributed by atoms with Crippen molar-refractivity contribution < 1.29 is 28.7 Å². The zero-order valence-electron chi connectivity index (χ0n) is 17.9. The molecule has 2 aromatic rings. The first-order chi connectivity index (χ1) is 15.2. The molecule has 0 spiro atoms. The molecule has 0 heterocycles. The molecule has 0 aliphatic carbocycles. The molecule has 0 saturated carbocycles. The molecule has 0 saturated heterocycles. The van der Waals surface area contributed by atoms with Gasteiger partial charge in [-0.1, -0.05) is 29.8 Å². The van der Waals surface area contributed by atoms with E-state index < -0.39 is 36.3 Å². The van der Waals surface area contributed by atoms with E-state index in [9.17, 15) is 19.2 Å². The fraction of sp³-hybridized carbons (Fsp3) is 0.273. The summed E-state index contributed by atoms with van der Waals surface area (Å²) in [4.78, 5) is 49.8. The van der Waals surface area contributed by atoms with Crippen molar-refractivity contribution in [2.24, 2.45) is 0 Å². The number of hydrogen-bond acceptors (Lipinski definition) is 6. The van der Waals surface area contributed by atoms with E-state index in [0.717, 1.165) is 4.90 Å². The molecular weight excluding hydrogens is 438 g/mol. The summed E-state index contributed by atoms with van der Waals surface area (Å²) in [6, 6.07) is 12.2. The molecule has 0 fully saturated rings. The van der Waals surface area contributed by atoms with E-state index in [1.54, 1.807) is 42.5 Å². The van der Waals surface area contributed by atoms with Crippen LogP contribution in [-0.2, 0) is 19.1 Å². The van der Waals surface area contributed by atoms with Crippen LogP contribution >= 0.6 is 11.6 Å². The fourth-order valence-electron chi connectivity index (χ4n) is 2.55. The third-order valence-electron chi connectivity index (χ3n) is 4.32. The van der Waals surface area contributed by atoms with Gasteiger partial charge < -0.3 is 25.0 Å². The molecule has 2 aromatic carbocycles. The number of anilines is 1. The molecule has 2 N–H and O–H groups in total. The molecule has 0 unspecified atom stereocenters. The number of ether oxygens (including phenoxy) is 2. The third kappa shape index (κ3) is 7.28. The molecule has 0 radical (unpaired) electrons. The van der Waals surface area contributed by atoms with Crippen LogP contribution in [0, 0.1) is 0 Å². The monoisotopic (exact) mass is 461 g/mol. The normalized spacial score (nSPS) is 11.1. The molecule has 9 nitrogen and oxygen atoms in total. The Morgan fingerprint density at radius 2 is 1.81 bits per heavy atom. The number of carbonyl (C=O) groups is 4. The summed E-state index contributed by atoms with van der Waals surface area (Å²) in [5.41, 5.74) is 0.733. The number of methoxy groups -OCH3 is 1. The van der Waals surface area contributed by atoms with Crippen LogP contribution in [0.25, 0.3) is 0 Å². The van der Waals surface area contributed by atoms with Crippen molar-refractivity contribution in [2.45, 2.75) is 13.0 Å². The number of esters is 1. The third-order valence-corrected chi connectivity index (χ3v) is 4.65. The molecule has 10 heteroatoms. The minimum Gasteiger partial charge on any atom is -0.497 e. The van der Waals surface area contributed by atoms with E-state index in [0.29, 0.717) is 11.4 Å². The van der Waals surface area contributed by atoms with Crippen molar-refractivity contribution in [1.29, 1.82) is 0 Å². The fourth-order valence-corrected chi connectivity index (χ4v) is 2.77. The zero-order valence-corrected chi connectivity index (χ0v) is 18.6. The minimum atomic E-state index is -1.01. The van der Waals surface area contributed by atoms with E-state index in [4.69, 9.17) is 21.1 Å². The highest BCUT2D eigenvalue weighted by atomic mass is 35.5. The Kier molecular flexibility index (Phi) is 9.03. The van der Waals surface area contributed by atoms with Gasteiger partial charge in [-0.25, -0.2) is 4.79 Å². The van der Waals surface area contributed by atoms with Gasteiger partial charge in [0.1, 0.15) is 11.8 Å². The number of benzene rings is 2.